The second-order valence-electron chi connectivity index (χ2n) is 4.25. The molecule has 1 aliphatic heterocycles. The molecule has 6 heteroatoms. The highest BCUT2D eigenvalue weighted by Gasteiger charge is 2.45. The van der Waals surface area contributed by atoms with E-state index in [1.54, 1.807) is 13.8 Å². The van der Waals surface area contributed by atoms with Crippen molar-refractivity contribution in [2.75, 3.05) is 19.8 Å². The van der Waals surface area contributed by atoms with Crippen molar-refractivity contribution in [2.45, 2.75) is 33.0 Å². The van der Waals surface area contributed by atoms with Gasteiger partial charge in [-0.3, -0.25) is 4.57 Å². The van der Waals surface area contributed by atoms with Gasteiger partial charge in [0.25, 0.3) is 0 Å². The maximum absolute atomic E-state index is 12.4. The van der Waals surface area contributed by atoms with Crippen molar-refractivity contribution in [3.8, 4) is 0 Å². The van der Waals surface area contributed by atoms with Crippen LogP contribution < -0.4 is 5.32 Å². The maximum atomic E-state index is 12.4. The third-order valence-corrected chi connectivity index (χ3v) is 5.05. The summed E-state index contributed by atoms with van der Waals surface area (Å²) in [4.78, 5) is 10.9. The molecule has 2 atom stereocenters. The fourth-order valence-corrected chi connectivity index (χ4v) is 3.94. The number of hydrogen-bond acceptors (Lipinski definition) is 5. The predicted octanol–water partition coefficient (Wildman–Crippen LogP) is 1.78. The van der Waals surface area contributed by atoms with E-state index >= 15 is 0 Å². The minimum absolute atomic E-state index is 0.341. The van der Waals surface area contributed by atoms with E-state index in [0.29, 0.717) is 26.2 Å². The molecule has 1 heterocycles. The van der Waals surface area contributed by atoms with Crippen molar-refractivity contribution < 1.29 is 18.4 Å². The van der Waals surface area contributed by atoms with Crippen LogP contribution in [0.2, 0.25) is 0 Å². The molecule has 16 heavy (non-hydrogen) atoms. The van der Waals surface area contributed by atoms with Gasteiger partial charge in [-0.05, 0) is 20.3 Å². The first-order valence-electron chi connectivity index (χ1n) is 5.58. The average Bonchev–Trinajstić information content (AvgIpc) is 2.63. The van der Waals surface area contributed by atoms with Gasteiger partial charge in [-0.25, -0.2) is 0 Å². The molecule has 0 saturated carbocycles. The van der Waals surface area contributed by atoms with Crippen LogP contribution in [-0.2, 0) is 18.4 Å². The van der Waals surface area contributed by atoms with Crippen LogP contribution in [0.3, 0.4) is 0 Å². The highest BCUT2D eigenvalue weighted by Crippen LogP contribution is 2.56. The Bertz CT molecular complexity index is 287. The minimum atomic E-state index is -3.13. The number of nitrogens with one attached hydrogen (secondary N) is 1. The molecule has 0 radical (unpaired) electrons. The van der Waals surface area contributed by atoms with Gasteiger partial charge in [0.05, 0.1) is 13.2 Å². The lowest BCUT2D eigenvalue weighted by Crippen LogP contribution is -2.24. The molecule has 94 valence electrons. The SMILES string of the molecule is CCOP(=O)(OCC)[C@@H]1C[C@](C)(C=O)CN1. The molecule has 1 saturated heterocycles. The van der Waals surface area contributed by atoms with E-state index in [0.717, 1.165) is 6.29 Å². The fourth-order valence-electron chi connectivity index (χ4n) is 1.83. The summed E-state index contributed by atoms with van der Waals surface area (Å²) in [5.74, 6) is -0.373. The maximum Gasteiger partial charge on any atom is 0.347 e. The van der Waals surface area contributed by atoms with Crippen molar-refractivity contribution in [1.29, 1.82) is 0 Å². The lowest BCUT2D eigenvalue weighted by molar-refractivity contribution is -0.114. The normalized spacial score (nSPS) is 30.6. The molecule has 0 bridgehead atoms. The largest absolute Gasteiger partial charge is 0.347 e. The zero-order chi connectivity index (χ0) is 12.2. The molecule has 5 nitrogen and oxygen atoms in total. The summed E-state index contributed by atoms with van der Waals surface area (Å²) in [6.07, 6.45) is 1.40. The molecule has 1 aliphatic rings. The number of carbonyl (C=O) groups excluding carboxylic acids is 1. The van der Waals surface area contributed by atoms with E-state index in [1.165, 1.54) is 0 Å². The third-order valence-electron chi connectivity index (χ3n) is 2.69. The molecular weight excluding hydrogens is 229 g/mol. The van der Waals surface area contributed by atoms with Crippen LogP contribution in [0.4, 0.5) is 0 Å². The van der Waals surface area contributed by atoms with Gasteiger partial charge in [0, 0.05) is 12.0 Å². The first-order valence-corrected chi connectivity index (χ1v) is 7.19. The summed E-state index contributed by atoms with van der Waals surface area (Å²) in [5.41, 5.74) is -0.464. The average molecular weight is 249 g/mol. The Labute approximate surface area is 96.4 Å². The van der Waals surface area contributed by atoms with Crippen molar-refractivity contribution in [3.05, 3.63) is 0 Å². The highest BCUT2D eigenvalue weighted by atomic mass is 31.2. The van der Waals surface area contributed by atoms with Crippen LogP contribution in [0.15, 0.2) is 0 Å². The Morgan fingerprint density at radius 1 is 1.44 bits per heavy atom. The second-order valence-corrected chi connectivity index (χ2v) is 6.47. The molecule has 0 aliphatic carbocycles. The van der Waals surface area contributed by atoms with Crippen LogP contribution in [0.1, 0.15) is 27.2 Å². The molecule has 1 rings (SSSR count). The van der Waals surface area contributed by atoms with Crippen molar-refractivity contribution in [3.63, 3.8) is 0 Å². The van der Waals surface area contributed by atoms with Crippen molar-refractivity contribution in [1.82, 2.24) is 5.32 Å². The smallest absolute Gasteiger partial charge is 0.308 e. The molecule has 0 aromatic carbocycles. The number of carbonyl (C=O) groups is 1. The van der Waals surface area contributed by atoms with Crippen LogP contribution >= 0.6 is 7.60 Å². The Kier molecular flexibility index (Phi) is 4.68. The number of aldehydes is 1. The number of hydrogen-bond donors (Lipinski definition) is 1. The number of rotatable bonds is 6. The Balaban J connectivity index is 2.75. The van der Waals surface area contributed by atoms with Crippen LogP contribution in [-0.4, -0.2) is 31.8 Å². The van der Waals surface area contributed by atoms with Crippen molar-refractivity contribution >= 4 is 13.9 Å². The van der Waals surface area contributed by atoms with Gasteiger partial charge in [-0.15, -0.1) is 0 Å². The zero-order valence-corrected chi connectivity index (χ0v) is 11.0. The van der Waals surface area contributed by atoms with E-state index in [-0.39, 0.29) is 5.78 Å². The third kappa shape index (κ3) is 2.92. The van der Waals surface area contributed by atoms with Crippen molar-refractivity contribution in [2.24, 2.45) is 5.41 Å². The monoisotopic (exact) mass is 249 g/mol. The summed E-state index contributed by atoms with van der Waals surface area (Å²) < 4.78 is 22.9. The lowest BCUT2D eigenvalue weighted by atomic mass is 9.92. The fraction of sp³-hybridized carbons (Fsp3) is 0.900. The predicted molar refractivity (Wildman–Crippen MR) is 61.4 cm³/mol. The standard InChI is InChI=1S/C10H20NO4P/c1-4-14-16(13,15-5-2)9-6-10(3,8-12)7-11-9/h8-9,11H,4-7H2,1-3H3/t9-,10+/m1/s1. The molecule has 0 aromatic rings. The molecular formula is C10H20NO4P. The Hall–Kier alpha value is -0.220. The van der Waals surface area contributed by atoms with E-state index in [1.807, 2.05) is 6.92 Å². The molecule has 0 spiro atoms. The summed E-state index contributed by atoms with van der Waals surface area (Å²) >= 11 is 0. The summed E-state index contributed by atoms with van der Waals surface area (Å²) in [6, 6.07) is 0. The van der Waals surface area contributed by atoms with E-state index in [4.69, 9.17) is 9.05 Å². The van der Waals surface area contributed by atoms with Gasteiger partial charge in [-0.1, -0.05) is 6.92 Å². The zero-order valence-electron chi connectivity index (χ0n) is 10.1. The summed E-state index contributed by atoms with van der Waals surface area (Å²) in [7, 11) is -3.13. The van der Waals surface area contributed by atoms with Crippen LogP contribution in [0.25, 0.3) is 0 Å². The van der Waals surface area contributed by atoms with Gasteiger partial charge < -0.3 is 19.2 Å². The van der Waals surface area contributed by atoms with Gasteiger partial charge in [0.2, 0.25) is 0 Å². The van der Waals surface area contributed by atoms with Crippen LogP contribution in [0.5, 0.6) is 0 Å². The van der Waals surface area contributed by atoms with E-state index in [9.17, 15) is 9.36 Å². The molecule has 1 N–H and O–H groups in total. The first-order chi connectivity index (χ1) is 7.49. The summed E-state index contributed by atoms with van der Waals surface area (Å²) in [5, 5.41) is 3.06. The Morgan fingerprint density at radius 2 is 2.00 bits per heavy atom. The van der Waals surface area contributed by atoms with Gasteiger partial charge in [0.1, 0.15) is 12.1 Å². The molecule has 1 fully saturated rings. The first kappa shape index (κ1) is 13.8. The molecule has 0 aromatic heterocycles. The quantitative estimate of drug-likeness (QED) is 0.574. The second kappa shape index (κ2) is 5.41. The molecule has 0 amide bonds. The van der Waals surface area contributed by atoms with Crippen LogP contribution in [0, 0.1) is 5.41 Å². The Morgan fingerprint density at radius 3 is 2.38 bits per heavy atom. The lowest BCUT2D eigenvalue weighted by Gasteiger charge is -2.23. The molecule has 0 unspecified atom stereocenters. The van der Waals surface area contributed by atoms with E-state index < -0.39 is 13.0 Å². The van der Waals surface area contributed by atoms with Gasteiger partial charge in [-0.2, -0.15) is 0 Å². The topological polar surface area (TPSA) is 64.6 Å². The van der Waals surface area contributed by atoms with Gasteiger partial charge >= 0.3 is 7.60 Å². The summed E-state index contributed by atoms with van der Waals surface area (Å²) in [6.45, 7) is 6.60. The van der Waals surface area contributed by atoms with Gasteiger partial charge in [0.15, 0.2) is 0 Å². The van der Waals surface area contributed by atoms with E-state index in [2.05, 4.69) is 5.32 Å². The highest BCUT2D eigenvalue weighted by molar-refractivity contribution is 7.54. The minimum Gasteiger partial charge on any atom is -0.308 e.